The van der Waals surface area contributed by atoms with Crippen LogP contribution in [0.15, 0.2) is 43.0 Å². The number of likely N-dealkylation sites (N-methyl/N-ethyl adjacent to an activating group) is 1. The average molecular weight is 311 g/mol. The number of nitrogens with one attached hydrogen (secondary N) is 1. The van der Waals surface area contributed by atoms with Gasteiger partial charge in [-0.25, -0.2) is 0 Å². The molecule has 2 aromatic heterocycles. The lowest BCUT2D eigenvalue weighted by molar-refractivity contribution is -0.128. The highest BCUT2D eigenvalue weighted by atomic mass is 16.2. The molecule has 3 heterocycles. The van der Waals surface area contributed by atoms with E-state index in [1.165, 1.54) is 0 Å². The van der Waals surface area contributed by atoms with Gasteiger partial charge in [0.15, 0.2) is 0 Å². The van der Waals surface area contributed by atoms with E-state index in [2.05, 4.69) is 25.2 Å². The third-order valence-electron chi connectivity index (χ3n) is 4.39. The lowest BCUT2D eigenvalue weighted by Crippen LogP contribution is -2.54. The molecule has 6 heteroatoms. The number of likely N-dealkylation sites (tertiary alicyclic amines) is 1. The number of aromatic nitrogens is 3. The Balaban J connectivity index is 1.86. The summed E-state index contributed by atoms with van der Waals surface area (Å²) in [4.78, 5) is 27.9. The quantitative estimate of drug-likeness (QED) is 0.917. The van der Waals surface area contributed by atoms with E-state index in [4.69, 9.17) is 0 Å². The number of pyridine rings is 1. The number of nitrogens with zero attached hydrogens (tertiary/aromatic N) is 4. The van der Waals surface area contributed by atoms with E-state index in [0.717, 1.165) is 30.8 Å². The maximum atomic E-state index is 12.7. The van der Waals surface area contributed by atoms with Gasteiger partial charge in [0.05, 0.1) is 11.4 Å². The molecule has 1 atom stereocenters. The molecule has 1 aliphatic rings. The summed E-state index contributed by atoms with van der Waals surface area (Å²) in [6.07, 6.45) is 8.65. The highest BCUT2D eigenvalue weighted by molar-refractivity contribution is 5.88. The summed E-state index contributed by atoms with van der Waals surface area (Å²) in [5.41, 5.74) is 1.15. The fourth-order valence-corrected chi connectivity index (χ4v) is 3.32. The van der Waals surface area contributed by atoms with E-state index in [-0.39, 0.29) is 5.91 Å². The van der Waals surface area contributed by atoms with Crippen LogP contribution in [-0.4, -0.2) is 45.9 Å². The maximum absolute atomic E-state index is 12.7. The van der Waals surface area contributed by atoms with Crippen molar-refractivity contribution in [2.45, 2.75) is 24.8 Å². The van der Waals surface area contributed by atoms with Crippen LogP contribution < -0.4 is 5.32 Å². The topological polar surface area (TPSA) is 71.0 Å². The fourth-order valence-electron chi connectivity index (χ4n) is 3.32. The van der Waals surface area contributed by atoms with Crippen molar-refractivity contribution in [2.24, 2.45) is 0 Å². The van der Waals surface area contributed by atoms with Crippen LogP contribution in [0.1, 0.15) is 24.2 Å². The lowest BCUT2D eigenvalue weighted by atomic mass is 9.75. The Morgan fingerprint density at radius 3 is 2.91 bits per heavy atom. The molecule has 120 valence electrons. The van der Waals surface area contributed by atoms with Gasteiger partial charge in [0, 0.05) is 44.9 Å². The Kier molecular flexibility index (Phi) is 4.62. The van der Waals surface area contributed by atoms with Crippen molar-refractivity contribution < 1.29 is 4.79 Å². The minimum absolute atomic E-state index is 0.0278. The molecule has 6 nitrogen and oxygen atoms in total. The van der Waals surface area contributed by atoms with Crippen molar-refractivity contribution in [1.29, 1.82) is 0 Å². The van der Waals surface area contributed by atoms with E-state index < -0.39 is 5.41 Å². The second-order valence-corrected chi connectivity index (χ2v) is 5.89. The zero-order chi connectivity index (χ0) is 16.1. The summed E-state index contributed by atoms with van der Waals surface area (Å²) in [7, 11) is 1.69. The van der Waals surface area contributed by atoms with Gasteiger partial charge in [-0.1, -0.05) is 6.07 Å². The molecule has 1 amide bonds. The van der Waals surface area contributed by atoms with Crippen LogP contribution in [0.2, 0.25) is 0 Å². The predicted octanol–water partition coefficient (Wildman–Crippen LogP) is 1.15. The normalized spacial score (nSPS) is 21.8. The zero-order valence-corrected chi connectivity index (χ0v) is 13.3. The molecular weight excluding hydrogens is 290 g/mol. The standard InChI is InChI=1S/C17H21N5O/c1-18-16(23)17(15-5-2-3-7-21-15)6-4-10-22(13-17)12-14-11-19-8-9-20-14/h2-3,5,7-9,11H,4,6,10,12-13H2,1H3,(H,18,23). The van der Waals surface area contributed by atoms with E-state index >= 15 is 0 Å². The van der Waals surface area contributed by atoms with Crippen molar-refractivity contribution in [3.05, 3.63) is 54.4 Å². The molecule has 23 heavy (non-hydrogen) atoms. The van der Waals surface area contributed by atoms with Crippen LogP contribution in [0.25, 0.3) is 0 Å². The van der Waals surface area contributed by atoms with Crippen LogP contribution in [0, 0.1) is 0 Å². The van der Waals surface area contributed by atoms with Crippen molar-refractivity contribution >= 4 is 5.91 Å². The summed E-state index contributed by atoms with van der Waals surface area (Å²) < 4.78 is 0. The van der Waals surface area contributed by atoms with Gasteiger partial charge >= 0.3 is 0 Å². The largest absolute Gasteiger partial charge is 0.358 e. The molecule has 0 radical (unpaired) electrons. The SMILES string of the molecule is CNC(=O)C1(c2ccccn2)CCCN(Cc2cnccn2)C1. The number of rotatable bonds is 4. The average Bonchev–Trinajstić information content (AvgIpc) is 2.62. The molecule has 0 aromatic carbocycles. The van der Waals surface area contributed by atoms with Crippen LogP contribution >= 0.6 is 0 Å². The van der Waals surface area contributed by atoms with Crippen LogP contribution in [-0.2, 0) is 16.8 Å². The summed E-state index contributed by atoms with van der Waals surface area (Å²) in [5, 5.41) is 2.82. The summed E-state index contributed by atoms with van der Waals surface area (Å²) in [6.45, 7) is 2.28. The second kappa shape index (κ2) is 6.83. The fraction of sp³-hybridized carbons (Fsp3) is 0.412. The number of amides is 1. The number of piperidine rings is 1. The molecule has 2 aromatic rings. The molecule has 1 fully saturated rings. The molecule has 0 bridgehead atoms. The van der Waals surface area contributed by atoms with Crippen molar-refractivity contribution in [3.8, 4) is 0 Å². The van der Waals surface area contributed by atoms with Crippen LogP contribution in [0.3, 0.4) is 0 Å². The Morgan fingerprint density at radius 1 is 1.30 bits per heavy atom. The zero-order valence-electron chi connectivity index (χ0n) is 13.3. The Morgan fingerprint density at radius 2 is 2.22 bits per heavy atom. The van der Waals surface area contributed by atoms with E-state index in [9.17, 15) is 4.79 Å². The number of hydrogen-bond donors (Lipinski definition) is 1. The molecule has 0 aliphatic carbocycles. The first-order chi connectivity index (χ1) is 11.2. The molecule has 1 unspecified atom stereocenters. The smallest absolute Gasteiger partial charge is 0.233 e. The van der Waals surface area contributed by atoms with Gasteiger partial charge in [0.2, 0.25) is 5.91 Å². The van der Waals surface area contributed by atoms with E-state index in [0.29, 0.717) is 13.1 Å². The summed E-state index contributed by atoms with van der Waals surface area (Å²) >= 11 is 0. The minimum atomic E-state index is -0.601. The van der Waals surface area contributed by atoms with E-state index in [1.54, 1.807) is 31.8 Å². The molecule has 1 aliphatic heterocycles. The summed E-state index contributed by atoms with van der Waals surface area (Å²) in [5.74, 6) is 0.0278. The van der Waals surface area contributed by atoms with Gasteiger partial charge < -0.3 is 5.32 Å². The molecule has 1 saturated heterocycles. The third kappa shape index (κ3) is 3.22. The maximum Gasteiger partial charge on any atom is 0.233 e. The molecule has 3 rings (SSSR count). The van der Waals surface area contributed by atoms with Gasteiger partial charge in [-0.05, 0) is 31.5 Å². The monoisotopic (exact) mass is 311 g/mol. The predicted molar refractivity (Wildman–Crippen MR) is 86.5 cm³/mol. The highest BCUT2D eigenvalue weighted by Crippen LogP contribution is 2.33. The number of carbonyl (C=O) groups excluding carboxylic acids is 1. The molecule has 1 N–H and O–H groups in total. The third-order valence-corrected chi connectivity index (χ3v) is 4.39. The van der Waals surface area contributed by atoms with Gasteiger partial charge in [0.25, 0.3) is 0 Å². The first-order valence-corrected chi connectivity index (χ1v) is 7.85. The molecule has 0 saturated carbocycles. The van der Waals surface area contributed by atoms with Crippen LogP contribution in [0.4, 0.5) is 0 Å². The first-order valence-electron chi connectivity index (χ1n) is 7.85. The molecule has 0 spiro atoms. The number of hydrogen-bond acceptors (Lipinski definition) is 5. The summed E-state index contributed by atoms with van der Waals surface area (Å²) in [6, 6.07) is 5.76. The van der Waals surface area contributed by atoms with Gasteiger partial charge in [0.1, 0.15) is 5.41 Å². The second-order valence-electron chi connectivity index (χ2n) is 5.89. The van der Waals surface area contributed by atoms with Crippen LogP contribution in [0.5, 0.6) is 0 Å². The Bertz CT molecular complexity index is 649. The first kappa shape index (κ1) is 15.6. The van der Waals surface area contributed by atoms with Crippen molar-refractivity contribution in [1.82, 2.24) is 25.2 Å². The van der Waals surface area contributed by atoms with Gasteiger partial charge in [-0.3, -0.25) is 24.6 Å². The van der Waals surface area contributed by atoms with Gasteiger partial charge in [-0.2, -0.15) is 0 Å². The van der Waals surface area contributed by atoms with Gasteiger partial charge in [-0.15, -0.1) is 0 Å². The Hall–Kier alpha value is -2.34. The van der Waals surface area contributed by atoms with E-state index in [1.807, 2.05) is 18.2 Å². The van der Waals surface area contributed by atoms with Crippen molar-refractivity contribution in [2.75, 3.05) is 20.1 Å². The Labute approximate surface area is 136 Å². The van der Waals surface area contributed by atoms with Crippen molar-refractivity contribution in [3.63, 3.8) is 0 Å². The minimum Gasteiger partial charge on any atom is -0.358 e. The lowest BCUT2D eigenvalue weighted by Gasteiger charge is -2.40. The highest BCUT2D eigenvalue weighted by Gasteiger charge is 2.44. The molecular formula is C17H21N5O. The number of carbonyl (C=O) groups is 1.